The fourth-order valence-corrected chi connectivity index (χ4v) is 2.48. The van der Waals surface area contributed by atoms with Crippen molar-refractivity contribution in [3.8, 4) is 5.75 Å². The van der Waals surface area contributed by atoms with Crippen LogP contribution in [0.25, 0.3) is 0 Å². The standard InChI is InChI=1S/C16H20N2O2S/c1-4-11(2)13-7-5-6-8-14(13)20-12(3)15(19)18-16-17-9-10-21-16/h5-12H,4H2,1-3H3,(H,17,18,19)/t11-,12-/m1/s1. The Balaban J connectivity index is 2.05. The highest BCUT2D eigenvalue weighted by molar-refractivity contribution is 7.13. The molecular formula is C16H20N2O2S. The summed E-state index contributed by atoms with van der Waals surface area (Å²) < 4.78 is 5.84. The van der Waals surface area contributed by atoms with Crippen LogP contribution in [-0.2, 0) is 4.79 Å². The first-order valence-corrected chi connectivity index (χ1v) is 7.95. The smallest absolute Gasteiger partial charge is 0.266 e. The number of anilines is 1. The van der Waals surface area contributed by atoms with E-state index in [1.165, 1.54) is 11.3 Å². The van der Waals surface area contributed by atoms with Gasteiger partial charge in [0.1, 0.15) is 5.75 Å². The number of hydrogen-bond acceptors (Lipinski definition) is 4. The molecule has 5 heteroatoms. The van der Waals surface area contributed by atoms with E-state index in [0.717, 1.165) is 17.7 Å². The van der Waals surface area contributed by atoms with Crippen LogP contribution in [0.3, 0.4) is 0 Å². The molecule has 1 aromatic carbocycles. The summed E-state index contributed by atoms with van der Waals surface area (Å²) in [7, 11) is 0. The van der Waals surface area contributed by atoms with Crippen LogP contribution in [0.5, 0.6) is 5.75 Å². The molecule has 0 bridgehead atoms. The summed E-state index contributed by atoms with van der Waals surface area (Å²) in [5.41, 5.74) is 1.13. The zero-order valence-electron chi connectivity index (χ0n) is 12.5. The summed E-state index contributed by atoms with van der Waals surface area (Å²) in [6.07, 6.45) is 2.11. The summed E-state index contributed by atoms with van der Waals surface area (Å²) in [4.78, 5) is 16.1. The summed E-state index contributed by atoms with van der Waals surface area (Å²) in [6.45, 7) is 6.04. The highest BCUT2D eigenvalue weighted by atomic mass is 32.1. The molecule has 0 radical (unpaired) electrons. The molecule has 0 aliphatic rings. The van der Waals surface area contributed by atoms with E-state index in [9.17, 15) is 4.79 Å². The molecule has 1 heterocycles. The molecule has 1 N–H and O–H groups in total. The van der Waals surface area contributed by atoms with Gasteiger partial charge in [-0.05, 0) is 30.9 Å². The van der Waals surface area contributed by atoms with Crippen molar-refractivity contribution in [2.45, 2.75) is 39.2 Å². The van der Waals surface area contributed by atoms with Crippen molar-refractivity contribution in [2.24, 2.45) is 0 Å². The lowest BCUT2D eigenvalue weighted by Gasteiger charge is -2.19. The number of aromatic nitrogens is 1. The van der Waals surface area contributed by atoms with Gasteiger partial charge in [0, 0.05) is 11.6 Å². The Morgan fingerprint density at radius 1 is 1.38 bits per heavy atom. The lowest BCUT2D eigenvalue weighted by molar-refractivity contribution is -0.122. The molecule has 0 aliphatic heterocycles. The maximum Gasteiger partial charge on any atom is 0.266 e. The Labute approximate surface area is 129 Å². The van der Waals surface area contributed by atoms with Gasteiger partial charge in [-0.25, -0.2) is 4.98 Å². The van der Waals surface area contributed by atoms with Gasteiger partial charge < -0.3 is 4.74 Å². The summed E-state index contributed by atoms with van der Waals surface area (Å²) in [5.74, 6) is 0.980. The number of nitrogens with one attached hydrogen (secondary N) is 1. The Morgan fingerprint density at radius 2 is 2.14 bits per heavy atom. The lowest BCUT2D eigenvalue weighted by atomic mass is 9.98. The maximum absolute atomic E-state index is 12.1. The highest BCUT2D eigenvalue weighted by Gasteiger charge is 2.18. The quantitative estimate of drug-likeness (QED) is 0.875. The van der Waals surface area contributed by atoms with Crippen molar-refractivity contribution >= 4 is 22.4 Å². The fourth-order valence-electron chi connectivity index (χ4n) is 1.95. The minimum absolute atomic E-state index is 0.191. The van der Waals surface area contributed by atoms with Gasteiger partial charge in [-0.3, -0.25) is 10.1 Å². The second kappa shape index (κ2) is 7.22. The number of para-hydroxylation sites is 1. The number of hydrogen-bond donors (Lipinski definition) is 1. The molecule has 0 saturated heterocycles. The third kappa shape index (κ3) is 4.04. The molecule has 0 fully saturated rings. The van der Waals surface area contributed by atoms with Crippen LogP contribution in [-0.4, -0.2) is 17.0 Å². The zero-order chi connectivity index (χ0) is 15.2. The van der Waals surface area contributed by atoms with E-state index in [0.29, 0.717) is 11.0 Å². The van der Waals surface area contributed by atoms with Gasteiger partial charge in [0.05, 0.1) is 0 Å². The molecule has 1 amide bonds. The van der Waals surface area contributed by atoms with Crippen LogP contribution in [0.2, 0.25) is 0 Å². The van der Waals surface area contributed by atoms with Crippen molar-refractivity contribution < 1.29 is 9.53 Å². The number of ether oxygens (including phenoxy) is 1. The van der Waals surface area contributed by atoms with E-state index >= 15 is 0 Å². The second-order valence-electron chi connectivity index (χ2n) is 4.93. The Morgan fingerprint density at radius 3 is 2.81 bits per heavy atom. The van der Waals surface area contributed by atoms with Gasteiger partial charge in [-0.15, -0.1) is 11.3 Å². The molecule has 0 saturated carbocycles. The van der Waals surface area contributed by atoms with E-state index < -0.39 is 6.10 Å². The summed E-state index contributed by atoms with van der Waals surface area (Å²) >= 11 is 1.39. The molecule has 0 aliphatic carbocycles. The molecule has 2 atom stereocenters. The molecule has 2 aromatic rings. The molecule has 1 aromatic heterocycles. The normalized spacial score (nSPS) is 13.5. The Hall–Kier alpha value is -1.88. The van der Waals surface area contributed by atoms with E-state index in [2.05, 4.69) is 30.2 Å². The van der Waals surface area contributed by atoms with Crippen LogP contribution >= 0.6 is 11.3 Å². The van der Waals surface area contributed by atoms with Gasteiger partial charge in [0.2, 0.25) is 0 Å². The second-order valence-corrected chi connectivity index (χ2v) is 5.83. The van der Waals surface area contributed by atoms with Crippen molar-refractivity contribution in [3.63, 3.8) is 0 Å². The average molecular weight is 304 g/mol. The fraction of sp³-hybridized carbons (Fsp3) is 0.375. The first kappa shape index (κ1) is 15.5. The van der Waals surface area contributed by atoms with Crippen molar-refractivity contribution in [2.75, 3.05) is 5.32 Å². The number of nitrogens with zero attached hydrogens (tertiary/aromatic N) is 1. The highest BCUT2D eigenvalue weighted by Crippen LogP contribution is 2.29. The van der Waals surface area contributed by atoms with Crippen LogP contribution in [0, 0.1) is 0 Å². The number of benzene rings is 1. The molecule has 0 unspecified atom stereocenters. The molecule has 112 valence electrons. The van der Waals surface area contributed by atoms with Crippen molar-refractivity contribution in [1.29, 1.82) is 0 Å². The van der Waals surface area contributed by atoms with Gasteiger partial charge in [0.25, 0.3) is 5.91 Å². The minimum Gasteiger partial charge on any atom is -0.481 e. The third-order valence-corrected chi connectivity index (χ3v) is 4.09. The Bertz CT molecular complexity index is 584. The van der Waals surface area contributed by atoms with E-state index in [1.807, 2.05) is 23.6 Å². The minimum atomic E-state index is -0.570. The van der Waals surface area contributed by atoms with Crippen LogP contribution in [0.4, 0.5) is 5.13 Å². The van der Waals surface area contributed by atoms with Gasteiger partial charge >= 0.3 is 0 Å². The largest absolute Gasteiger partial charge is 0.481 e. The lowest BCUT2D eigenvalue weighted by Crippen LogP contribution is -2.30. The zero-order valence-corrected chi connectivity index (χ0v) is 13.3. The predicted molar refractivity (Wildman–Crippen MR) is 86.0 cm³/mol. The Kier molecular flexibility index (Phi) is 5.33. The molecule has 4 nitrogen and oxygen atoms in total. The number of carbonyl (C=O) groups is 1. The molecule has 0 spiro atoms. The van der Waals surface area contributed by atoms with Gasteiger partial charge in [-0.2, -0.15) is 0 Å². The number of amides is 1. The van der Waals surface area contributed by atoms with Gasteiger partial charge in [0.15, 0.2) is 11.2 Å². The summed E-state index contributed by atoms with van der Waals surface area (Å²) in [6, 6.07) is 7.88. The number of thiazole rings is 1. The molecular weight excluding hydrogens is 284 g/mol. The topological polar surface area (TPSA) is 51.2 Å². The van der Waals surface area contributed by atoms with Crippen LogP contribution < -0.4 is 10.1 Å². The van der Waals surface area contributed by atoms with Crippen LogP contribution in [0.1, 0.15) is 38.7 Å². The van der Waals surface area contributed by atoms with Gasteiger partial charge in [-0.1, -0.05) is 32.0 Å². The van der Waals surface area contributed by atoms with E-state index in [4.69, 9.17) is 4.74 Å². The van der Waals surface area contributed by atoms with Crippen molar-refractivity contribution in [1.82, 2.24) is 4.98 Å². The first-order chi connectivity index (χ1) is 10.1. The average Bonchev–Trinajstić information content (AvgIpc) is 2.99. The monoisotopic (exact) mass is 304 g/mol. The summed E-state index contributed by atoms with van der Waals surface area (Å²) in [5, 5.41) is 5.16. The first-order valence-electron chi connectivity index (χ1n) is 7.07. The maximum atomic E-state index is 12.1. The van der Waals surface area contributed by atoms with Crippen LogP contribution in [0.15, 0.2) is 35.8 Å². The van der Waals surface area contributed by atoms with E-state index in [-0.39, 0.29) is 5.91 Å². The van der Waals surface area contributed by atoms with Crippen molar-refractivity contribution in [3.05, 3.63) is 41.4 Å². The predicted octanol–water partition coefficient (Wildman–Crippen LogP) is 4.06. The molecule has 2 rings (SSSR count). The third-order valence-electron chi connectivity index (χ3n) is 3.40. The SMILES string of the molecule is CC[C@@H](C)c1ccccc1O[C@H](C)C(=O)Nc1nccs1. The van der Waals surface area contributed by atoms with E-state index in [1.54, 1.807) is 13.1 Å². The number of carbonyl (C=O) groups excluding carboxylic acids is 1. The number of rotatable bonds is 6. The molecule has 21 heavy (non-hydrogen) atoms.